The third-order valence-electron chi connectivity index (χ3n) is 4.26. The molecular weight excluding hydrogens is 226 g/mol. The molecule has 2 atom stereocenters. The van der Waals surface area contributed by atoms with Crippen molar-refractivity contribution < 1.29 is 9.84 Å². The normalized spacial score (nSPS) is 34.6. The minimum absolute atomic E-state index is 0.513. The Bertz CT molecular complexity index is 420. The first-order valence-corrected chi connectivity index (χ1v) is 6.78. The van der Waals surface area contributed by atoms with E-state index in [4.69, 9.17) is 4.74 Å². The summed E-state index contributed by atoms with van der Waals surface area (Å²) < 4.78 is 5.24. The van der Waals surface area contributed by atoms with Gasteiger partial charge in [0, 0.05) is 18.5 Å². The van der Waals surface area contributed by atoms with Gasteiger partial charge in [-0.1, -0.05) is 12.1 Å². The molecule has 98 valence electrons. The molecule has 0 amide bonds. The average Bonchev–Trinajstić information content (AvgIpc) is 2.69. The predicted molar refractivity (Wildman–Crippen MR) is 70.8 cm³/mol. The summed E-state index contributed by atoms with van der Waals surface area (Å²) >= 11 is 0. The Morgan fingerprint density at radius 1 is 1.33 bits per heavy atom. The number of nitrogens with one attached hydrogen (secondary N) is 1. The van der Waals surface area contributed by atoms with Crippen LogP contribution in [0.15, 0.2) is 24.3 Å². The molecule has 3 nitrogen and oxygen atoms in total. The van der Waals surface area contributed by atoms with Gasteiger partial charge in [-0.15, -0.1) is 0 Å². The van der Waals surface area contributed by atoms with Gasteiger partial charge in [0.1, 0.15) is 5.75 Å². The molecule has 0 aromatic heterocycles. The van der Waals surface area contributed by atoms with Crippen molar-refractivity contribution in [2.45, 2.75) is 49.8 Å². The van der Waals surface area contributed by atoms with Crippen LogP contribution in [0, 0.1) is 0 Å². The second-order valence-electron chi connectivity index (χ2n) is 5.80. The molecule has 0 saturated carbocycles. The number of piperidine rings is 1. The SMILES string of the molecule is COc1cccc(CC2(O)CC3CCC(C2)N3)c1. The smallest absolute Gasteiger partial charge is 0.119 e. The number of ether oxygens (including phenoxy) is 1. The second kappa shape index (κ2) is 4.56. The zero-order chi connectivity index (χ0) is 12.6. The molecule has 2 heterocycles. The van der Waals surface area contributed by atoms with Gasteiger partial charge in [0.25, 0.3) is 0 Å². The van der Waals surface area contributed by atoms with Gasteiger partial charge in [-0.25, -0.2) is 0 Å². The minimum Gasteiger partial charge on any atom is -0.497 e. The molecule has 2 aliphatic rings. The van der Waals surface area contributed by atoms with E-state index in [9.17, 15) is 5.11 Å². The number of benzene rings is 1. The summed E-state index contributed by atoms with van der Waals surface area (Å²) in [5, 5.41) is 14.4. The van der Waals surface area contributed by atoms with Crippen LogP contribution in [-0.2, 0) is 6.42 Å². The average molecular weight is 247 g/mol. The van der Waals surface area contributed by atoms with Crippen LogP contribution in [0.2, 0.25) is 0 Å². The fourth-order valence-electron chi connectivity index (χ4n) is 3.53. The van der Waals surface area contributed by atoms with Crippen molar-refractivity contribution in [2.24, 2.45) is 0 Å². The molecule has 2 fully saturated rings. The van der Waals surface area contributed by atoms with Crippen LogP contribution in [-0.4, -0.2) is 29.9 Å². The highest BCUT2D eigenvalue weighted by molar-refractivity contribution is 5.29. The van der Waals surface area contributed by atoms with E-state index in [2.05, 4.69) is 11.4 Å². The van der Waals surface area contributed by atoms with Crippen molar-refractivity contribution in [3.63, 3.8) is 0 Å². The molecule has 3 rings (SSSR count). The van der Waals surface area contributed by atoms with Gasteiger partial charge in [0.2, 0.25) is 0 Å². The Hall–Kier alpha value is -1.06. The minimum atomic E-state index is -0.538. The molecule has 0 aliphatic carbocycles. The number of rotatable bonds is 3. The van der Waals surface area contributed by atoms with Crippen LogP contribution in [0.1, 0.15) is 31.2 Å². The summed E-state index contributed by atoms with van der Waals surface area (Å²) in [7, 11) is 1.68. The molecule has 1 aromatic rings. The highest BCUT2D eigenvalue weighted by Gasteiger charge is 2.42. The van der Waals surface area contributed by atoms with Crippen molar-refractivity contribution in [1.29, 1.82) is 0 Å². The summed E-state index contributed by atoms with van der Waals surface area (Å²) in [6, 6.07) is 9.07. The maximum Gasteiger partial charge on any atom is 0.119 e. The van der Waals surface area contributed by atoms with Crippen LogP contribution in [0.3, 0.4) is 0 Å². The lowest BCUT2D eigenvalue weighted by molar-refractivity contribution is -0.00610. The summed E-state index contributed by atoms with van der Waals surface area (Å²) in [6.07, 6.45) is 4.91. The standard InChI is InChI=1S/C15H21NO2/c1-18-14-4-2-3-11(7-14)8-15(17)9-12-5-6-13(10-15)16-12/h2-4,7,12-13,16-17H,5-6,8-10H2,1H3. The molecule has 2 aliphatic heterocycles. The number of hydrogen-bond donors (Lipinski definition) is 2. The third-order valence-corrected chi connectivity index (χ3v) is 4.26. The van der Waals surface area contributed by atoms with E-state index < -0.39 is 5.60 Å². The van der Waals surface area contributed by atoms with Crippen molar-refractivity contribution in [1.82, 2.24) is 5.32 Å². The predicted octanol–water partition coefficient (Wildman–Crippen LogP) is 1.88. The highest BCUT2D eigenvalue weighted by atomic mass is 16.5. The molecule has 0 spiro atoms. The maximum absolute atomic E-state index is 10.8. The van der Waals surface area contributed by atoms with Crippen LogP contribution in [0.5, 0.6) is 5.75 Å². The Morgan fingerprint density at radius 2 is 2.06 bits per heavy atom. The molecule has 3 heteroatoms. The van der Waals surface area contributed by atoms with Gasteiger partial charge in [-0.3, -0.25) is 0 Å². The topological polar surface area (TPSA) is 41.5 Å². The van der Waals surface area contributed by atoms with E-state index in [1.165, 1.54) is 12.8 Å². The summed E-state index contributed by atoms with van der Waals surface area (Å²) in [5.74, 6) is 0.869. The zero-order valence-corrected chi connectivity index (χ0v) is 10.9. The molecule has 0 radical (unpaired) electrons. The van der Waals surface area contributed by atoms with Crippen LogP contribution < -0.4 is 10.1 Å². The highest BCUT2D eigenvalue weighted by Crippen LogP contribution is 2.36. The lowest BCUT2D eigenvalue weighted by Crippen LogP contribution is -2.49. The van der Waals surface area contributed by atoms with E-state index in [0.29, 0.717) is 12.1 Å². The Labute approximate surface area is 108 Å². The van der Waals surface area contributed by atoms with E-state index in [-0.39, 0.29) is 0 Å². The van der Waals surface area contributed by atoms with Crippen molar-refractivity contribution in [3.8, 4) is 5.75 Å². The van der Waals surface area contributed by atoms with Crippen molar-refractivity contribution in [3.05, 3.63) is 29.8 Å². The Morgan fingerprint density at radius 3 is 2.72 bits per heavy atom. The molecule has 2 N–H and O–H groups in total. The number of hydrogen-bond acceptors (Lipinski definition) is 3. The van der Waals surface area contributed by atoms with Crippen molar-refractivity contribution >= 4 is 0 Å². The molecular formula is C15H21NO2. The maximum atomic E-state index is 10.8. The van der Waals surface area contributed by atoms with E-state index in [0.717, 1.165) is 30.6 Å². The zero-order valence-electron chi connectivity index (χ0n) is 10.9. The summed E-state index contributed by atoms with van der Waals surface area (Å²) in [4.78, 5) is 0. The lowest BCUT2D eigenvalue weighted by atomic mass is 9.82. The number of aliphatic hydroxyl groups is 1. The van der Waals surface area contributed by atoms with Gasteiger partial charge in [0.05, 0.1) is 12.7 Å². The van der Waals surface area contributed by atoms with Gasteiger partial charge in [-0.2, -0.15) is 0 Å². The lowest BCUT2D eigenvalue weighted by Gasteiger charge is -2.37. The quantitative estimate of drug-likeness (QED) is 0.857. The largest absolute Gasteiger partial charge is 0.497 e. The van der Waals surface area contributed by atoms with E-state index >= 15 is 0 Å². The fraction of sp³-hybridized carbons (Fsp3) is 0.600. The molecule has 1 aromatic carbocycles. The molecule has 2 bridgehead atoms. The Balaban J connectivity index is 1.74. The van der Waals surface area contributed by atoms with Gasteiger partial charge in [-0.05, 0) is 43.4 Å². The van der Waals surface area contributed by atoms with Gasteiger partial charge < -0.3 is 15.2 Å². The van der Waals surface area contributed by atoms with Crippen LogP contribution >= 0.6 is 0 Å². The summed E-state index contributed by atoms with van der Waals surface area (Å²) in [6.45, 7) is 0. The first-order chi connectivity index (χ1) is 8.67. The van der Waals surface area contributed by atoms with Crippen molar-refractivity contribution in [2.75, 3.05) is 7.11 Å². The first-order valence-electron chi connectivity index (χ1n) is 6.78. The van der Waals surface area contributed by atoms with E-state index in [1.54, 1.807) is 7.11 Å². The van der Waals surface area contributed by atoms with E-state index in [1.807, 2.05) is 18.2 Å². The van der Waals surface area contributed by atoms with Gasteiger partial charge in [0.15, 0.2) is 0 Å². The summed E-state index contributed by atoms with van der Waals surface area (Å²) in [5.41, 5.74) is 0.627. The monoisotopic (exact) mass is 247 g/mol. The molecule has 2 unspecified atom stereocenters. The van der Waals surface area contributed by atoms with Crippen LogP contribution in [0.4, 0.5) is 0 Å². The second-order valence-corrected chi connectivity index (χ2v) is 5.80. The number of fused-ring (bicyclic) bond motifs is 2. The number of methoxy groups -OCH3 is 1. The molecule has 2 saturated heterocycles. The Kier molecular flexibility index (Phi) is 3.04. The van der Waals surface area contributed by atoms with Gasteiger partial charge >= 0.3 is 0 Å². The van der Waals surface area contributed by atoms with Crippen LogP contribution in [0.25, 0.3) is 0 Å². The first kappa shape index (κ1) is 12.0. The third kappa shape index (κ3) is 2.38. The molecule has 18 heavy (non-hydrogen) atoms. The fourth-order valence-corrected chi connectivity index (χ4v) is 3.53.